The lowest BCUT2D eigenvalue weighted by Gasteiger charge is -2.15. The van der Waals surface area contributed by atoms with Crippen LogP contribution in [0.25, 0.3) is 10.9 Å². The van der Waals surface area contributed by atoms with Crippen LogP contribution in [0.2, 0.25) is 5.02 Å². The maximum atomic E-state index is 13.1. The van der Waals surface area contributed by atoms with E-state index in [0.29, 0.717) is 28.5 Å². The van der Waals surface area contributed by atoms with E-state index in [1.165, 1.54) is 13.2 Å². The number of methoxy groups -OCH3 is 1. The number of carbonyl (C=O) groups excluding carboxylic acids is 2. The molecule has 0 radical (unpaired) electrons. The molecule has 0 aliphatic rings. The molecule has 1 aromatic heterocycles. The van der Waals surface area contributed by atoms with E-state index in [4.69, 9.17) is 16.3 Å². The molecule has 3 rings (SSSR count). The van der Waals surface area contributed by atoms with E-state index in [1.807, 2.05) is 6.92 Å². The topological polar surface area (TPSA) is 111 Å². The van der Waals surface area contributed by atoms with Gasteiger partial charge in [-0.1, -0.05) is 30.7 Å². The van der Waals surface area contributed by atoms with Gasteiger partial charge in [0.15, 0.2) is 0 Å². The van der Waals surface area contributed by atoms with E-state index in [2.05, 4.69) is 10.6 Å². The highest BCUT2D eigenvalue weighted by Crippen LogP contribution is 2.27. The number of anilines is 1. The van der Waals surface area contributed by atoms with E-state index in [9.17, 15) is 19.2 Å². The van der Waals surface area contributed by atoms with Crippen LogP contribution in [0.4, 0.5) is 5.69 Å². The Labute approximate surface area is 188 Å². The van der Waals surface area contributed by atoms with Crippen molar-refractivity contribution in [3.63, 3.8) is 0 Å². The van der Waals surface area contributed by atoms with Gasteiger partial charge in [-0.2, -0.15) is 0 Å². The van der Waals surface area contributed by atoms with Crippen molar-refractivity contribution in [2.75, 3.05) is 19.0 Å². The molecular weight excluding hydrogens is 436 g/mol. The van der Waals surface area contributed by atoms with Crippen LogP contribution in [-0.4, -0.2) is 34.6 Å². The Morgan fingerprint density at radius 3 is 2.47 bits per heavy atom. The summed E-state index contributed by atoms with van der Waals surface area (Å²) in [5.41, 5.74) is -0.713. The van der Waals surface area contributed by atoms with Gasteiger partial charge in [-0.3, -0.25) is 23.5 Å². The number of rotatable bonds is 8. The number of fused-ring (bicyclic) bond motifs is 1. The molecular formula is C22H23ClN4O5. The summed E-state index contributed by atoms with van der Waals surface area (Å²) in [6.07, 6.45) is 0.718. The fourth-order valence-electron chi connectivity index (χ4n) is 3.24. The monoisotopic (exact) mass is 458 g/mol. The lowest BCUT2D eigenvalue weighted by Crippen LogP contribution is -2.45. The first-order valence-electron chi connectivity index (χ1n) is 9.98. The number of benzene rings is 2. The van der Waals surface area contributed by atoms with E-state index >= 15 is 0 Å². The van der Waals surface area contributed by atoms with Gasteiger partial charge in [-0.15, -0.1) is 0 Å². The van der Waals surface area contributed by atoms with Crippen molar-refractivity contribution in [1.29, 1.82) is 0 Å². The van der Waals surface area contributed by atoms with Crippen molar-refractivity contribution in [3.05, 3.63) is 68.3 Å². The molecule has 9 nitrogen and oxygen atoms in total. The van der Waals surface area contributed by atoms with Gasteiger partial charge in [0, 0.05) is 11.6 Å². The van der Waals surface area contributed by atoms with Gasteiger partial charge in [0.25, 0.3) is 5.56 Å². The van der Waals surface area contributed by atoms with Gasteiger partial charge < -0.3 is 15.4 Å². The van der Waals surface area contributed by atoms with Crippen LogP contribution in [0.5, 0.6) is 5.75 Å². The second-order valence-corrected chi connectivity index (χ2v) is 7.46. The second-order valence-electron chi connectivity index (χ2n) is 7.02. The summed E-state index contributed by atoms with van der Waals surface area (Å²) in [6, 6.07) is 11.2. The molecule has 32 heavy (non-hydrogen) atoms. The number of para-hydroxylation sites is 1. The smallest absolute Gasteiger partial charge is 0.332 e. The summed E-state index contributed by atoms with van der Waals surface area (Å²) in [5.74, 6) is -0.586. The molecule has 0 fully saturated rings. The van der Waals surface area contributed by atoms with E-state index in [0.717, 1.165) is 15.6 Å². The molecule has 0 aliphatic heterocycles. The predicted octanol–water partition coefficient (Wildman–Crippen LogP) is 1.99. The molecule has 1 heterocycles. The Bertz CT molecular complexity index is 1280. The standard InChI is InChI=1S/C22H23ClN4O5/c1-3-10-24-19(28)12-27-21(30)15-6-4-5-7-17(15)26(22(27)31)13-20(29)25-16-11-14(23)8-9-18(16)32-2/h4-9,11H,3,10,12-13H2,1-2H3,(H,24,28)(H,25,29). The van der Waals surface area contributed by atoms with E-state index in [1.54, 1.807) is 36.4 Å². The molecule has 0 atom stereocenters. The summed E-state index contributed by atoms with van der Waals surface area (Å²) >= 11 is 6.01. The zero-order valence-electron chi connectivity index (χ0n) is 17.7. The Hall–Kier alpha value is -3.59. The van der Waals surface area contributed by atoms with Crippen LogP contribution in [-0.2, 0) is 22.7 Å². The third-order valence-electron chi connectivity index (χ3n) is 4.74. The minimum absolute atomic E-state index is 0.225. The third-order valence-corrected chi connectivity index (χ3v) is 4.98. The molecule has 0 aliphatic carbocycles. The number of nitrogens with one attached hydrogen (secondary N) is 2. The Kier molecular flexibility index (Phi) is 7.32. The first-order chi connectivity index (χ1) is 15.3. The Morgan fingerprint density at radius 2 is 1.75 bits per heavy atom. The first kappa shape index (κ1) is 23.1. The van der Waals surface area contributed by atoms with Gasteiger partial charge >= 0.3 is 5.69 Å². The normalized spacial score (nSPS) is 10.7. The summed E-state index contributed by atoms with van der Waals surface area (Å²) in [6.45, 7) is 1.50. The minimum atomic E-state index is -0.756. The van der Waals surface area contributed by atoms with Crippen LogP contribution >= 0.6 is 11.6 Å². The third kappa shape index (κ3) is 5.00. The average Bonchev–Trinajstić information content (AvgIpc) is 2.78. The summed E-state index contributed by atoms with van der Waals surface area (Å²) < 4.78 is 7.22. The lowest BCUT2D eigenvalue weighted by atomic mass is 10.2. The maximum Gasteiger partial charge on any atom is 0.332 e. The van der Waals surface area contributed by atoms with Crippen LogP contribution < -0.4 is 26.6 Å². The molecule has 3 aromatic rings. The Balaban J connectivity index is 2.00. The van der Waals surface area contributed by atoms with Crippen molar-refractivity contribution in [1.82, 2.24) is 14.5 Å². The van der Waals surface area contributed by atoms with Gasteiger partial charge in [0.2, 0.25) is 11.8 Å². The van der Waals surface area contributed by atoms with Crippen molar-refractivity contribution in [2.45, 2.75) is 26.4 Å². The number of carbonyl (C=O) groups is 2. The average molecular weight is 459 g/mol. The number of amides is 2. The van der Waals surface area contributed by atoms with E-state index in [-0.39, 0.29) is 11.9 Å². The highest BCUT2D eigenvalue weighted by atomic mass is 35.5. The first-order valence-corrected chi connectivity index (χ1v) is 10.4. The zero-order chi connectivity index (χ0) is 23.3. The Morgan fingerprint density at radius 1 is 1.03 bits per heavy atom. The van der Waals surface area contributed by atoms with Gasteiger partial charge in [-0.05, 0) is 36.8 Å². The minimum Gasteiger partial charge on any atom is -0.495 e. The molecule has 2 aromatic carbocycles. The zero-order valence-corrected chi connectivity index (χ0v) is 18.4. The van der Waals surface area contributed by atoms with E-state index < -0.39 is 29.6 Å². The maximum absolute atomic E-state index is 13.1. The van der Waals surface area contributed by atoms with Gasteiger partial charge in [0.05, 0.1) is 23.7 Å². The second kappa shape index (κ2) is 10.1. The molecule has 0 saturated carbocycles. The summed E-state index contributed by atoms with van der Waals surface area (Å²) in [4.78, 5) is 50.9. The molecule has 10 heteroatoms. The van der Waals surface area contributed by atoms with Crippen molar-refractivity contribution in [2.24, 2.45) is 0 Å². The predicted molar refractivity (Wildman–Crippen MR) is 122 cm³/mol. The highest BCUT2D eigenvalue weighted by Gasteiger charge is 2.18. The largest absolute Gasteiger partial charge is 0.495 e. The van der Waals surface area contributed by atoms with Gasteiger partial charge in [-0.25, -0.2) is 4.79 Å². The van der Waals surface area contributed by atoms with Crippen LogP contribution in [0.15, 0.2) is 52.1 Å². The number of aromatic nitrogens is 2. The fourth-order valence-corrected chi connectivity index (χ4v) is 3.41. The highest BCUT2D eigenvalue weighted by molar-refractivity contribution is 6.31. The number of ether oxygens (including phenoxy) is 1. The number of nitrogens with zero attached hydrogens (tertiary/aromatic N) is 2. The molecule has 0 spiro atoms. The van der Waals surface area contributed by atoms with Crippen molar-refractivity contribution < 1.29 is 14.3 Å². The SMILES string of the molecule is CCCNC(=O)Cn1c(=O)c2ccccc2n(CC(=O)Nc2cc(Cl)ccc2OC)c1=O. The van der Waals surface area contributed by atoms with Crippen LogP contribution in [0.3, 0.4) is 0 Å². The number of hydrogen-bond acceptors (Lipinski definition) is 5. The van der Waals surface area contributed by atoms with Crippen LogP contribution in [0.1, 0.15) is 13.3 Å². The molecule has 0 bridgehead atoms. The molecule has 0 saturated heterocycles. The quantitative estimate of drug-likeness (QED) is 0.536. The van der Waals surface area contributed by atoms with Gasteiger partial charge in [0.1, 0.15) is 18.8 Å². The molecule has 168 valence electrons. The fraction of sp³-hybridized carbons (Fsp3) is 0.273. The number of hydrogen-bond donors (Lipinski definition) is 2. The molecule has 0 unspecified atom stereocenters. The van der Waals surface area contributed by atoms with Crippen molar-refractivity contribution >= 4 is 40.0 Å². The number of halogens is 1. The summed E-state index contributed by atoms with van der Waals surface area (Å²) in [5, 5.41) is 5.94. The lowest BCUT2D eigenvalue weighted by molar-refractivity contribution is -0.121. The van der Waals surface area contributed by atoms with Crippen LogP contribution in [0, 0.1) is 0 Å². The molecule has 2 N–H and O–H groups in total. The van der Waals surface area contributed by atoms with Crippen molar-refractivity contribution in [3.8, 4) is 5.75 Å². The summed E-state index contributed by atoms with van der Waals surface area (Å²) in [7, 11) is 1.45. The molecule has 2 amide bonds.